The van der Waals surface area contributed by atoms with Gasteiger partial charge in [0.05, 0.1) is 14.2 Å². The highest BCUT2D eigenvalue weighted by Crippen LogP contribution is 2.34. The average molecular weight is 814 g/mol. The number of amides is 6. The Morgan fingerprint density at radius 3 is 1.68 bits per heavy atom. The summed E-state index contributed by atoms with van der Waals surface area (Å²) in [4.78, 5) is 93.1. The lowest BCUT2D eigenvalue weighted by molar-refractivity contribution is -0.158. The average Bonchev–Trinajstić information content (AvgIpc) is 3.25. The van der Waals surface area contributed by atoms with Crippen molar-refractivity contribution in [3.05, 3.63) is 83.4 Å². The summed E-state index contributed by atoms with van der Waals surface area (Å²) in [6.45, 7) is 4.47. The van der Waals surface area contributed by atoms with E-state index in [4.69, 9.17) is 20.1 Å². The maximum atomic E-state index is 14.9. The molecule has 6 atom stereocenters. The SMILES string of the molecule is COc1ccc(C[C@H]2C(=O)N(C)[C@@H](C)C(=O)N(C)[C@H]3Cc4ccc(cc4)Oc4cc(ccc4OC)C[C@@H](C(=O)N(C)[C@H](C)C(=O)N(N)[C@@H](C)C(=O)N2C)N(C)C3=O)cc1. The Balaban J connectivity index is 1.65. The molecule has 1 saturated heterocycles. The molecule has 6 rings (SSSR count). The quantitative estimate of drug-likeness (QED) is 0.304. The van der Waals surface area contributed by atoms with Gasteiger partial charge >= 0.3 is 0 Å². The molecule has 0 aliphatic carbocycles. The maximum absolute atomic E-state index is 14.9. The first-order valence-corrected chi connectivity index (χ1v) is 19.4. The van der Waals surface area contributed by atoms with Crippen molar-refractivity contribution >= 4 is 35.4 Å². The highest BCUT2D eigenvalue weighted by atomic mass is 16.5. The molecular weight excluding hydrogens is 759 g/mol. The Bertz CT molecular complexity index is 2060. The fraction of sp³-hybridized carbons (Fsp3) is 0.442. The number of carbonyl (C=O) groups excluding carboxylic acids is 6. The Morgan fingerprint density at radius 1 is 0.576 bits per heavy atom. The van der Waals surface area contributed by atoms with Crippen LogP contribution in [0.3, 0.4) is 0 Å². The molecule has 3 aromatic carbocycles. The number of methoxy groups -OCH3 is 2. The Labute approximate surface area is 345 Å². The highest BCUT2D eigenvalue weighted by molar-refractivity contribution is 5.98. The minimum atomic E-state index is -1.27. The minimum absolute atomic E-state index is 0.0100. The summed E-state index contributed by atoms with van der Waals surface area (Å²) in [5.74, 6) is 4.66. The van der Waals surface area contributed by atoms with Crippen LogP contribution in [0.25, 0.3) is 0 Å². The van der Waals surface area contributed by atoms with Crippen LogP contribution in [0.1, 0.15) is 37.5 Å². The van der Waals surface area contributed by atoms with Crippen molar-refractivity contribution in [3.63, 3.8) is 0 Å². The standard InChI is InChI=1S/C43H55N7O9/c1-25-38(51)47(6)34-22-29-13-18-32(19-14-29)59-37-24-30(15-20-36(37)58-10)23-35(49(8)43(34)56)42(55)46(5)26(2)40(53)50(44)27(3)39(52)48(7)33(41(54)45(25)4)21-28-11-16-31(57-9)17-12-28/h11-20,24-27,33-35H,21-23,44H2,1-10H3/t25-,26+,27-,33-,34-,35-/m0/s1. The molecule has 59 heavy (non-hydrogen) atoms. The Morgan fingerprint density at radius 2 is 1.08 bits per heavy atom. The van der Waals surface area contributed by atoms with E-state index in [-0.39, 0.29) is 19.3 Å². The predicted molar refractivity (Wildman–Crippen MR) is 218 cm³/mol. The molecule has 0 spiro atoms. The Kier molecular flexibility index (Phi) is 13.5. The van der Waals surface area contributed by atoms with Crippen molar-refractivity contribution in [3.8, 4) is 23.0 Å². The Hall–Kier alpha value is -6.16. The molecule has 1 fully saturated rings. The largest absolute Gasteiger partial charge is 0.497 e. The van der Waals surface area contributed by atoms with E-state index in [1.54, 1.807) is 73.7 Å². The second-order valence-corrected chi connectivity index (χ2v) is 15.3. The predicted octanol–water partition coefficient (Wildman–Crippen LogP) is 2.12. The van der Waals surface area contributed by atoms with Gasteiger partial charge in [-0.15, -0.1) is 0 Å². The van der Waals surface area contributed by atoms with Crippen LogP contribution in [0.2, 0.25) is 0 Å². The minimum Gasteiger partial charge on any atom is -0.497 e. The van der Waals surface area contributed by atoms with Crippen LogP contribution in [-0.2, 0) is 48.0 Å². The van der Waals surface area contributed by atoms with Gasteiger partial charge in [0.15, 0.2) is 11.5 Å². The van der Waals surface area contributed by atoms with E-state index in [2.05, 4.69) is 0 Å². The van der Waals surface area contributed by atoms with Crippen molar-refractivity contribution in [1.29, 1.82) is 0 Å². The number of hydrazine groups is 1. The van der Waals surface area contributed by atoms with E-state index >= 15 is 0 Å². The molecule has 6 bridgehead atoms. The number of hydrogen-bond donors (Lipinski definition) is 1. The molecule has 3 aliphatic rings. The zero-order valence-corrected chi connectivity index (χ0v) is 35.4. The van der Waals surface area contributed by atoms with Gasteiger partial charge in [-0.1, -0.05) is 30.3 Å². The summed E-state index contributed by atoms with van der Waals surface area (Å²) < 4.78 is 17.1. The molecule has 6 amide bonds. The third-order valence-electron chi connectivity index (χ3n) is 11.7. The van der Waals surface area contributed by atoms with Crippen molar-refractivity contribution < 1.29 is 43.0 Å². The van der Waals surface area contributed by atoms with Crippen molar-refractivity contribution in [2.45, 2.75) is 76.3 Å². The summed E-state index contributed by atoms with van der Waals surface area (Å²) in [6.07, 6.45) is 0.0886. The van der Waals surface area contributed by atoms with Crippen LogP contribution in [0.5, 0.6) is 23.0 Å². The topological polar surface area (TPSA) is 176 Å². The van der Waals surface area contributed by atoms with E-state index in [0.29, 0.717) is 39.7 Å². The summed E-state index contributed by atoms with van der Waals surface area (Å²) in [5.41, 5.74) is 2.00. The number of benzene rings is 3. The third kappa shape index (κ3) is 9.12. The molecular formula is C43H55N7O9. The van der Waals surface area contributed by atoms with Gasteiger partial charge in [-0.05, 0) is 73.9 Å². The third-order valence-corrected chi connectivity index (χ3v) is 11.7. The normalized spacial score (nSPS) is 24.3. The van der Waals surface area contributed by atoms with E-state index in [1.807, 2.05) is 0 Å². The van der Waals surface area contributed by atoms with Gasteiger partial charge in [0.1, 0.15) is 47.8 Å². The van der Waals surface area contributed by atoms with Gasteiger partial charge < -0.3 is 38.7 Å². The lowest BCUT2D eigenvalue weighted by Crippen LogP contribution is -2.63. The van der Waals surface area contributed by atoms with Crippen LogP contribution in [-0.4, -0.2) is 151 Å². The molecule has 2 N–H and O–H groups in total. The van der Waals surface area contributed by atoms with E-state index < -0.39 is 71.7 Å². The molecule has 16 heteroatoms. The van der Waals surface area contributed by atoms with Crippen molar-refractivity contribution in [2.24, 2.45) is 5.84 Å². The number of carbonyl (C=O) groups is 6. The molecule has 3 aliphatic heterocycles. The number of nitrogens with zero attached hydrogens (tertiary/aromatic N) is 6. The van der Waals surface area contributed by atoms with Crippen molar-refractivity contribution in [1.82, 2.24) is 29.5 Å². The van der Waals surface area contributed by atoms with E-state index in [9.17, 15) is 28.8 Å². The summed E-state index contributed by atoms with van der Waals surface area (Å²) in [5, 5.41) is 0.757. The maximum Gasteiger partial charge on any atom is 0.259 e. The second-order valence-electron chi connectivity index (χ2n) is 15.3. The number of nitrogens with two attached hydrogens (primary N) is 1. The molecule has 0 aromatic heterocycles. The van der Waals surface area contributed by atoms with Crippen LogP contribution in [0.15, 0.2) is 66.7 Å². The number of rotatable bonds is 4. The number of hydrogen-bond acceptors (Lipinski definition) is 10. The van der Waals surface area contributed by atoms with Gasteiger partial charge in [-0.3, -0.25) is 33.8 Å². The molecule has 3 aromatic rings. The lowest BCUT2D eigenvalue weighted by Gasteiger charge is -2.40. The summed E-state index contributed by atoms with van der Waals surface area (Å²) >= 11 is 0. The number of fused-ring (bicyclic) bond motifs is 2. The molecule has 0 unspecified atom stereocenters. The fourth-order valence-corrected chi connectivity index (χ4v) is 7.34. The first-order valence-electron chi connectivity index (χ1n) is 19.4. The lowest BCUT2D eigenvalue weighted by atomic mass is 9.98. The van der Waals surface area contributed by atoms with E-state index in [0.717, 1.165) is 5.01 Å². The zero-order chi connectivity index (χ0) is 43.5. The van der Waals surface area contributed by atoms with Crippen LogP contribution in [0.4, 0.5) is 0 Å². The molecule has 0 saturated carbocycles. The summed E-state index contributed by atoms with van der Waals surface area (Å²) in [6, 6.07) is 12.2. The first-order chi connectivity index (χ1) is 27.9. The van der Waals surface area contributed by atoms with Crippen LogP contribution < -0.4 is 20.1 Å². The van der Waals surface area contributed by atoms with Gasteiger partial charge in [0, 0.05) is 54.5 Å². The summed E-state index contributed by atoms with van der Waals surface area (Å²) in [7, 11) is 10.4. The number of ether oxygens (including phenoxy) is 3. The van der Waals surface area contributed by atoms with Crippen LogP contribution >= 0.6 is 0 Å². The van der Waals surface area contributed by atoms with Crippen molar-refractivity contribution in [2.75, 3.05) is 49.5 Å². The monoisotopic (exact) mass is 813 g/mol. The first kappa shape index (κ1) is 44.0. The molecule has 16 nitrogen and oxygen atoms in total. The molecule has 0 radical (unpaired) electrons. The fourth-order valence-electron chi connectivity index (χ4n) is 7.34. The highest BCUT2D eigenvalue weighted by Gasteiger charge is 2.42. The molecule has 316 valence electrons. The van der Waals surface area contributed by atoms with E-state index in [1.165, 1.54) is 87.8 Å². The second kappa shape index (κ2) is 18.2. The van der Waals surface area contributed by atoms with Gasteiger partial charge in [-0.25, -0.2) is 5.84 Å². The zero-order valence-electron chi connectivity index (χ0n) is 35.4. The smallest absolute Gasteiger partial charge is 0.259 e. The molecule has 3 heterocycles. The van der Waals surface area contributed by atoms with Gasteiger partial charge in [0.25, 0.3) is 5.91 Å². The number of likely N-dealkylation sites (N-methyl/N-ethyl adjacent to an activating group) is 5. The van der Waals surface area contributed by atoms with Gasteiger partial charge in [-0.2, -0.15) is 0 Å². The van der Waals surface area contributed by atoms with Crippen LogP contribution in [0, 0.1) is 0 Å². The van der Waals surface area contributed by atoms with Gasteiger partial charge in [0.2, 0.25) is 29.5 Å².